The van der Waals surface area contributed by atoms with Crippen LogP contribution in [-0.2, 0) is 16.6 Å². The van der Waals surface area contributed by atoms with Gasteiger partial charge in [-0.15, -0.1) is 0 Å². The molecule has 1 aromatic carbocycles. The van der Waals surface area contributed by atoms with Crippen molar-refractivity contribution in [3.8, 4) is 0 Å². The van der Waals surface area contributed by atoms with Crippen LogP contribution >= 0.6 is 11.6 Å². The molecule has 1 heterocycles. The van der Waals surface area contributed by atoms with Gasteiger partial charge in [-0.25, -0.2) is 4.98 Å². The minimum atomic E-state index is -0.593. The maximum absolute atomic E-state index is 12.1. The number of aryl methyl sites for hydroxylation is 2. The van der Waals surface area contributed by atoms with E-state index < -0.39 is 4.92 Å². The van der Waals surface area contributed by atoms with E-state index in [0.29, 0.717) is 23.8 Å². The number of nitrogens with zero attached hydrogens (tertiary/aromatic N) is 2. The van der Waals surface area contributed by atoms with Crippen molar-refractivity contribution < 1.29 is 14.1 Å². The Morgan fingerprint density at radius 2 is 2.08 bits per heavy atom. The molecule has 2 aromatic rings. The molecule has 2 rings (SSSR count). The van der Waals surface area contributed by atoms with Crippen LogP contribution in [0, 0.1) is 17.0 Å². The Labute approximate surface area is 150 Å². The molecule has 0 radical (unpaired) electrons. The van der Waals surface area contributed by atoms with Crippen molar-refractivity contribution >= 4 is 28.9 Å². The number of carbonyl (C=O) groups excluding carboxylic acids is 1. The standard InChI is InChI=1S/C17H20ClN3O4/c1-10-14(25-16(19-10)17(2,3)4)7-8-15(22)20-11-5-6-12(18)13(9-11)21(23)24/h5-6,9H,7-8H2,1-4H3,(H,20,22). The molecule has 1 N–H and O–H groups in total. The van der Waals surface area contributed by atoms with Crippen LogP contribution in [0.15, 0.2) is 22.6 Å². The highest BCUT2D eigenvalue weighted by molar-refractivity contribution is 6.32. The Kier molecular flexibility index (Phi) is 5.47. The van der Waals surface area contributed by atoms with E-state index in [0.717, 1.165) is 5.69 Å². The number of benzene rings is 1. The fourth-order valence-corrected chi connectivity index (χ4v) is 2.35. The van der Waals surface area contributed by atoms with Gasteiger partial charge in [-0.3, -0.25) is 14.9 Å². The van der Waals surface area contributed by atoms with Crippen molar-refractivity contribution in [2.24, 2.45) is 0 Å². The topological polar surface area (TPSA) is 98.3 Å². The second kappa shape index (κ2) is 7.23. The Morgan fingerprint density at radius 3 is 2.64 bits per heavy atom. The number of carbonyl (C=O) groups is 1. The highest BCUT2D eigenvalue weighted by atomic mass is 35.5. The molecule has 8 heteroatoms. The van der Waals surface area contributed by atoms with E-state index in [1.807, 2.05) is 27.7 Å². The van der Waals surface area contributed by atoms with E-state index in [1.54, 1.807) is 0 Å². The normalized spacial score (nSPS) is 11.4. The molecule has 0 aliphatic rings. The van der Waals surface area contributed by atoms with Crippen molar-refractivity contribution in [1.29, 1.82) is 0 Å². The van der Waals surface area contributed by atoms with Gasteiger partial charge in [-0.2, -0.15) is 0 Å². The number of nitro benzene ring substituents is 1. The van der Waals surface area contributed by atoms with Crippen LogP contribution in [0.2, 0.25) is 5.02 Å². The molecular formula is C17H20ClN3O4. The van der Waals surface area contributed by atoms with Gasteiger partial charge in [-0.05, 0) is 19.1 Å². The van der Waals surface area contributed by atoms with Crippen molar-refractivity contribution in [2.45, 2.75) is 46.0 Å². The van der Waals surface area contributed by atoms with Crippen molar-refractivity contribution in [3.63, 3.8) is 0 Å². The number of hydrogen-bond donors (Lipinski definition) is 1. The number of nitro groups is 1. The van der Waals surface area contributed by atoms with E-state index in [1.165, 1.54) is 18.2 Å². The maximum atomic E-state index is 12.1. The molecule has 0 saturated heterocycles. The first-order valence-electron chi connectivity index (χ1n) is 7.78. The molecule has 7 nitrogen and oxygen atoms in total. The molecule has 0 aliphatic heterocycles. The van der Waals surface area contributed by atoms with E-state index in [4.69, 9.17) is 16.0 Å². The molecule has 25 heavy (non-hydrogen) atoms. The number of nitrogens with one attached hydrogen (secondary N) is 1. The molecule has 0 saturated carbocycles. The number of rotatable bonds is 5. The lowest BCUT2D eigenvalue weighted by molar-refractivity contribution is -0.384. The third-order valence-electron chi connectivity index (χ3n) is 3.54. The van der Waals surface area contributed by atoms with Gasteiger partial charge in [0.1, 0.15) is 10.8 Å². The number of amides is 1. The zero-order chi connectivity index (χ0) is 18.8. The van der Waals surface area contributed by atoms with E-state index in [2.05, 4.69) is 10.3 Å². The van der Waals surface area contributed by atoms with Crippen LogP contribution in [0.5, 0.6) is 0 Å². The van der Waals surface area contributed by atoms with Crippen molar-refractivity contribution in [3.05, 3.63) is 50.7 Å². The summed E-state index contributed by atoms with van der Waals surface area (Å²) in [7, 11) is 0. The van der Waals surface area contributed by atoms with E-state index in [9.17, 15) is 14.9 Å². The summed E-state index contributed by atoms with van der Waals surface area (Å²) >= 11 is 5.75. The number of anilines is 1. The first kappa shape index (κ1) is 18.9. The Balaban J connectivity index is 2.01. The van der Waals surface area contributed by atoms with E-state index >= 15 is 0 Å². The SMILES string of the molecule is Cc1nc(C(C)(C)C)oc1CCC(=O)Nc1ccc(Cl)c([N+](=O)[O-])c1. The first-order chi connectivity index (χ1) is 11.6. The Bertz CT molecular complexity index is 809. The highest BCUT2D eigenvalue weighted by Gasteiger charge is 2.22. The zero-order valence-electron chi connectivity index (χ0n) is 14.6. The summed E-state index contributed by atoms with van der Waals surface area (Å²) < 4.78 is 5.75. The van der Waals surface area contributed by atoms with Gasteiger partial charge in [0, 0.05) is 30.0 Å². The fraction of sp³-hybridized carbons (Fsp3) is 0.412. The summed E-state index contributed by atoms with van der Waals surface area (Å²) in [4.78, 5) is 26.8. The average Bonchev–Trinajstić information content (AvgIpc) is 2.88. The fourth-order valence-electron chi connectivity index (χ4n) is 2.16. The summed E-state index contributed by atoms with van der Waals surface area (Å²) in [6, 6.07) is 4.13. The summed E-state index contributed by atoms with van der Waals surface area (Å²) in [5.41, 5.74) is 0.638. The van der Waals surface area contributed by atoms with Gasteiger partial charge in [0.15, 0.2) is 5.89 Å². The molecule has 0 atom stereocenters. The second-order valence-electron chi connectivity index (χ2n) is 6.75. The van der Waals surface area contributed by atoms with Crippen LogP contribution in [0.1, 0.15) is 44.5 Å². The van der Waals surface area contributed by atoms with Crippen molar-refractivity contribution in [1.82, 2.24) is 4.98 Å². The summed E-state index contributed by atoms with van der Waals surface area (Å²) in [5.74, 6) is 1.03. The number of aromatic nitrogens is 1. The predicted molar refractivity (Wildman–Crippen MR) is 95.0 cm³/mol. The molecule has 0 unspecified atom stereocenters. The third-order valence-corrected chi connectivity index (χ3v) is 3.86. The summed E-state index contributed by atoms with van der Waals surface area (Å²) in [6.45, 7) is 7.85. The average molecular weight is 366 g/mol. The number of hydrogen-bond acceptors (Lipinski definition) is 5. The smallest absolute Gasteiger partial charge is 0.289 e. The van der Waals surface area contributed by atoms with Crippen LogP contribution in [-0.4, -0.2) is 15.8 Å². The molecule has 0 fully saturated rings. The third kappa shape index (κ3) is 4.79. The monoisotopic (exact) mass is 365 g/mol. The largest absolute Gasteiger partial charge is 0.445 e. The molecule has 1 aromatic heterocycles. The van der Waals surface area contributed by atoms with Gasteiger partial charge >= 0.3 is 0 Å². The summed E-state index contributed by atoms with van der Waals surface area (Å²) in [5, 5.41) is 13.5. The lowest BCUT2D eigenvalue weighted by Crippen LogP contribution is -2.12. The molecule has 0 bridgehead atoms. The number of halogens is 1. The quantitative estimate of drug-likeness (QED) is 0.624. The van der Waals surface area contributed by atoms with Gasteiger partial charge in [0.2, 0.25) is 5.91 Å². The van der Waals surface area contributed by atoms with Gasteiger partial charge < -0.3 is 9.73 Å². The summed E-state index contributed by atoms with van der Waals surface area (Å²) in [6.07, 6.45) is 0.576. The highest BCUT2D eigenvalue weighted by Crippen LogP contribution is 2.28. The predicted octanol–water partition coefficient (Wildman–Crippen LogP) is 4.41. The minimum Gasteiger partial charge on any atom is -0.445 e. The first-order valence-corrected chi connectivity index (χ1v) is 8.16. The molecular weight excluding hydrogens is 346 g/mol. The maximum Gasteiger partial charge on any atom is 0.289 e. The molecule has 0 spiro atoms. The van der Waals surface area contributed by atoms with Crippen LogP contribution in [0.25, 0.3) is 0 Å². The second-order valence-corrected chi connectivity index (χ2v) is 7.16. The number of oxazole rings is 1. The molecule has 0 aliphatic carbocycles. The van der Waals surface area contributed by atoms with Gasteiger partial charge in [-0.1, -0.05) is 32.4 Å². The Morgan fingerprint density at radius 1 is 1.40 bits per heavy atom. The minimum absolute atomic E-state index is 0.0231. The molecule has 1 amide bonds. The molecule has 134 valence electrons. The van der Waals surface area contributed by atoms with Gasteiger partial charge in [0.25, 0.3) is 5.69 Å². The lowest BCUT2D eigenvalue weighted by Gasteiger charge is -2.12. The van der Waals surface area contributed by atoms with Gasteiger partial charge in [0.05, 0.1) is 10.6 Å². The lowest BCUT2D eigenvalue weighted by atomic mass is 9.97. The van der Waals surface area contributed by atoms with Crippen LogP contribution in [0.3, 0.4) is 0 Å². The zero-order valence-corrected chi connectivity index (χ0v) is 15.3. The Hall–Kier alpha value is -2.41. The van der Waals surface area contributed by atoms with E-state index in [-0.39, 0.29) is 28.5 Å². The van der Waals surface area contributed by atoms with Crippen LogP contribution in [0.4, 0.5) is 11.4 Å². The van der Waals surface area contributed by atoms with Crippen molar-refractivity contribution in [2.75, 3.05) is 5.32 Å². The van der Waals surface area contributed by atoms with Crippen LogP contribution < -0.4 is 5.32 Å².